The molecule has 4 rings (SSSR count). The third kappa shape index (κ3) is 10.8. The van der Waals surface area contributed by atoms with Crippen molar-refractivity contribution in [3.63, 3.8) is 0 Å². The second-order valence-corrected chi connectivity index (χ2v) is 16.4. The van der Waals surface area contributed by atoms with Gasteiger partial charge in [-0.15, -0.1) is 0 Å². The lowest BCUT2D eigenvalue weighted by Crippen LogP contribution is -2.33. The fourth-order valence-electron chi connectivity index (χ4n) is 5.05. The van der Waals surface area contributed by atoms with Gasteiger partial charge in [0.2, 0.25) is 0 Å². The van der Waals surface area contributed by atoms with E-state index in [-0.39, 0.29) is 10.6 Å². The summed E-state index contributed by atoms with van der Waals surface area (Å²) in [5, 5.41) is 13.2. The number of rotatable bonds is 11. The lowest BCUT2D eigenvalue weighted by Gasteiger charge is -2.26. The number of aromatic hydroxyl groups is 1. The third-order valence-electron chi connectivity index (χ3n) is 7.55. The van der Waals surface area contributed by atoms with Crippen molar-refractivity contribution in [1.82, 2.24) is 0 Å². The van der Waals surface area contributed by atoms with Crippen LogP contribution < -0.4 is 15.9 Å². The number of hydrogen-bond acceptors (Lipinski definition) is 4. The average molecular weight is 653 g/mol. The Morgan fingerprint density at radius 2 is 1.26 bits per heavy atom. The molecule has 0 aromatic heterocycles. The first-order chi connectivity index (χ1) is 21.9. The number of allylic oxidation sites excluding steroid dienone is 8. The van der Waals surface area contributed by atoms with Crippen LogP contribution in [-0.2, 0) is 10.1 Å². The van der Waals surface area contributed by atoms with Gasteiger partial charge in [0, 0.05) is 0 Å². The standard InChI is InChI=1S/C33H38P.C7H8O4S/c1-28(2)16-14-17-29(3)18-15-19-30(4)26-27-34(31-20-8-5-9-21-31,32-22-10-6-11-23-32)33-24-12-7-13-25-33;1-5-2-3-6(8)4-7(5)12(9,10)11/h5-13,15-16,18-26H,14,17,27H2,1-4H3;2-4,8H,1H3,(H,9,10,11)/q+1;/p-1. The quantitative estimate of drug-likeness (QED) is 0.0761. The van der Waals surface area contributed by atoms with Gasteiger partial charge in [-0.2, -0.15) is 0 Å². The molecule has 1 N–H and O–H groups in total. The van der Waals surface area contributed by atoms with Gasteiger partial charge in [-0.05, 0) is 108 Å². The van der Waals surface area contributed by atoms with Crippen LogP contribution in [0.25, 0.3) is 0 Å². The highest BCUT2D eigenvalue weighted by Crippen LogP contribution is 2.55. The Morgan fingerprint density at radius 1 is 0.761 bits per heavy atom. The fourth-order valence-corrected chi connectivity index (χ4v) is 9.91. The zero-order valence-electron chi connectivity index (χ0n) is 27.4. The lowest BCUT2D eigenvalue weighted by molar-refractivity contribution is 0.455. The molecule has 0 fully saturated rings. The maximum absolute atomic E-state index is 10.5. The topological polar surface area (TPSA) is 77.4 Å². The normalized spacial score (nSPS) is 12.4. The number of phenols is 1. The summed E-state index contributed by atoms with van der Waals surface area (Å²) in [5.74, 6) is -0.227. The van der Waals surface area contributed by atoms with Crippen molar-refractivity contribution >= 4 is 33.3 Å². The Balaban J connectivity index is 0.000000402. The zero-order valence-corrected chi connectivity index (χ0v) is 29.1. The Labute approximate surface area is 276 Å². The van der Waals surface area contributed by atoms with Gasteiger partial charge in [0.15, 0.2) is 0 Å². The predicted molar refractivity (Wildman–Crippen MR) is 196 cm³/mol. The van der Waals surface area contributed by atoms with E-state index < -0.39 is 17.4 Å². The van der Waals surface area contributed by atoms with E-state index in [1.54, 1.807) is 0 Å². The van der Waals surface area contributed by atoms with E-state index in [2.05, 4.69) is 149 Å². The van der Waals surface area contributed by atoms with Crippen LogP contribution in [0.4, 0.5) is 0 Å². The highest BCUT2D eigenvalue weighted by molar-refractivity contribution is 7.95. The van der Waals surface area contributed by atoms with Crippen LogP contribution in [0.3, 0.4) is 0 Å². The van der Waals surface area contributed by atoms with Gasteiger partial charge in [0.1, 0.15) is 39.0 Å². The lowest BCUT2D eigenvalue weighted by atomic mass is 10.1. The van der Waals surface area contributed by atoms with Crippen molar-refractivity contribution in [2.45, 2.75) is 52.4 Å². The minimum absolute atomic E-state index is 0.227. The molecule has 0 saturated carbocycles. The molecule has 0 radical (unpaired) electrons. The first-order valence-corrected chi connectivity index (χ1v) is 18.8. The van der Waals surface area contributed by atoms with Crippen LogP contribution in [0.15, 0.2) is 161 Å². The molecule has 0 spiro atoms. The molecule has 0 amide bonds. The summed E-state index contributed by atoms with van der Waals surface area (Å²) < 4.78 is 31.6. The van der Waals surface area contributed by atoms with Crippen molar-refractivity contribution in [3.8, 4) is 5.75 Å². The molecule has 0 aliphatic heterocycles. The highest BCUT2D eigenvalue weighted by atomic mass is 32.2. The molecule has 4 aromatic carbocycles. The minimum Gasteiger partial charge on any atom is -0.744 e. The van der Waals surface area contributed by atoms with E-state index in [1.807, 2.05) is 0 Å². The van der Waals surface area contributed by atoms with Gasteiger partial charge in [0.05, 0.1) is 11.1 Å². The Kier molecular flexibility index (Phi) is 14.0. The number of benzene rings is 4. The van der Waals surface area contributed by atoms with Gasteiger partial charge in [0.25, 0.3) is 0 Å². The summed E-state index contributed by atoms with van der Waals surface area (Å²) in [6, 6.07) is 36.9. The molecule has 0 saturated heterocycles. The number of aryl methyl sites for hydroxylation is 1. The molecule has 0 heterocycles. The summed E-state index contributed by atoms with van der Waals surface area (Å²) in [6.45, 7) is 10.3. The van der Waals surface area contributed by atoms with Crippen LogP contribution in [0.5, 0.6) is 5.75 Å². The molecule has 0 atom stereocenters. The molecule has 0 aliphatic carbocycles. The molecule has 0 bridgehead atoms. The molecular formula is C40H45O4PS. The van der Waals surface area contributed by atoms with Gasteiger partial charge < -0.3 is 9.66 Å². The summed E-state index contributed by atoms with van der Waals surface area (Å²) in [5.41, 5.74) is 4.45. The minimum atomic E-state index is -4.47. The van der Waals surface area contributed by atoms with Gasteiger partial charge in [-0.3, -0.25) is 0 Å². The average Bonchev–Trinajstić information content (AvgIpc) is 3.04. The largest absolute Gasteiger partial charge is 0.744 e. The highest BCUT2D eigenvalue weighted by Gasteiger charge is 2.44. The van der Waals surface area contributed by atoms with Crippen molar-refractivity contribution in [2.24, 2.45) is 0 Å². The van der Waals surface area contributed by atoms with E-state index in [1.165, 1.54) is 51.7 Å². The van der Waals surface area contributed by atoms with E-state index in [0.29, 0.717) is 5.56 Å². The maximum atomic E-state index is 10.5. The molecule has 0 unspecified atom stereocenters. The molecule has 0 aliphatic rings. The predicted octanol–water partition coefficient (Wildman–Crippen LogP) is 8.78. The number of hydrogen-bond donors (Lipinski definition) is 1. The summed E-state index contributed by atoms with van der Waals surface area (Å²) in [6.07, 6.45) is 14.7. The van der Waals surface area contributed by atoms with Crippen LogP contribution in [-0.4, -0.2) is 24.2 Å². The second kappa shape index (κ2) is 17.6. The number of phenolic OH excluding ortho intramolecular Hbond substituents is 1. The molecule has 6 heteroatoms. The smallest absolute Gasteiger partial charge is 0.124 e. The summed E-state index contributed by atoms with van der Waals surface area (Å²) >= 11 is 0. The Bertz CT molecular complexity index is 1670. The Hall–Kier alpha value is -4.02. The van der Waals surface area contributed by atoms with Crippen LogP contribution in [0.2, 0.25) is 0 Å². The van der Waals surface area contributed by atoms with E-state index in [4.69, 9.17) is 5.11 Å². The SMILES string of the molecule is CC(C)=CCCC(C)=CC=CC(C)=CC[P+](c1ccccc1)(c1ccccc1)c1ccccc1.Cc1ccc(O)cc1S(=O)(=O)[O-]. The van der Waals surface area contributed by atoms with Crippen LogP contribution in [0.1, 0.15) is 46.1 Å². The monoisotopic (exact) mass is 652 g/mol. The van der Waals surface area contributed by atoms with E-state index in [9.17, 15) is 13.0 Å². The maximum Gasteiger partial charge on any atom is 0.124 e. The molecular weight excluding hydrogens is 607 g/mol. The third-order valence-corrected chi connectivity index (χ3v) is 12.8. The first kappa shape index (κ1) is 36.4. The zero-order chi connectivity index (χ0) is 33.6. The van der Waals surface area contributed by atoms with Crippen molar-refractivity contribution in [1.29, 1.82) is 0 Å². The first-order valence-electron chi connectivity index (χ1n) is 15.4. The van der Waals surface area contributed by atoms with E-state index in [0.717, 1.165) is 25.1 Å². The van der Waals surface area contributed by atoms with Gasteiger partial charge >= 0.3 is 0 Å². The van der Waals surface area contributed by atoms with Gasteiger partial charge in [-0.25, -0.2) is 8.42 Å². The van der Waals surface area contributed by atoms with Gasteiger partial charge in [-0.1, -0.05) is 102 Å². The van der Waals surface area contributed by atoms with Crippen molar-refractivity contribution in [2.75, 3.05) is 6.16 Å². The molecule has 240 valence electrons. The Morgan fingerprint density at radius 3 is 1.70 bits per heavy atom. The van der Waals surface area contributed by atoms with Crippen LogP contribution in [0, 0.1) is 6.92 Å². The molecule has 4 aromatic rings. The molecule has 4 nitrogen and oxygen atoms in total. The van der Waals surface area contributed by atoms with Crippen LogP contribution >= 0.6 is 7.26 Å². The fraction of sp³-hybridized carbons (Fsp3) is 0.200. The van der Waals surface area contributed by atoms with Crippen molar-refractivity contribution in [3.05, 3.63) is 162 Å². The van der Waals surface area contributed by atoms with Crippen molar-refractivity contribution < 1.29 is 18.1 Å². The summed E-state index contributed by atoms with van der Waals surface area (Å²) in [4.78, 5) is -0.373. The molecule has 46 heavy (non-hydrogen) atoms. The summed E-state index contributed by atoms with van der Waals surface area (Å²) in [7, 11) is -6.28. The van der Waals surface area contributed by atoms with E-state index >= 15 is 0 Å². The second-order valence-electron chi connectivity index (χ2n) is 11.5.